The molecule has 9 nitrogen and oxygen atoms in total. The van der Waals surface area contributed by atoms with Crippen molar-refractivity contribution in [2.45, 2.75) is 0 Å². The van der Waals surface area contributed by atoms with Crippen molar-refractivity contribution in [2.75, 3.05) is 7.11 Å². The largest absolute Gasteiger partial charge is 0.476 e. The number of rotatable bonds is 3. The number of hydrogen-bond acceptors (Lipinski definition) is 6. The summed E-state index contributed by atoms with van der Waals surface area (Å²) in [5.41, 5.74) is -2.34. The number of methoxy groups -OCH3 is 1. The van der Waals surface area contributed by atoms with Gasteiger partial charge in [0.05, 0.1) is 12.0 Å². The van der Waals surface area contributed by atoms with E-state index in [2.05, 4.69) is 9.84 Å². The molecule has 0 aliphatic carbocycles. The van der Waals surface area contributed by atoms with Crippen LogP contribution < -0.4 is 0 Å². The van der Waals surface area contributed by atoms with Crippen LogP contribution in [0.5, 0.6) is 0 Å². The lowest BCUT2D eigenvalue weighted by atomic mass is 10.3. The number of carboxylic acids is 1. The molecule has 1 aromatic rings. The van der Waals surface area contributed by atoms with Crippen LogP contribution in [0.15, 0.2) is 0 Å². The molecule has 2 N–H and O–H groups in total. The highest BCUT2D eigenvalue weighted by Gasteiger charge is 2.33. The number of esters is 1. The number of carbonyl (C=O) groups excluding carboxylic acids is 1. The van der Waals surface area contributed by atoms with E-state index in [-0.39, 0.29) is 0 Å². The van der Waals surface area contributed by atoms with E-state index in [0.29, 0.717) is 0 Å². The van der Waals surface area contributed by atoms with Crippen LogP contribution in [0.3, 0.4) is 0 Å². The summed E-state index contributed by atoms with van der Waals surface area (Å²) in [4.78, 5) is 31.0. The molecule has 0 fully saturated rings. The van der Waals surface area contributed by atoms with E-state index in [9.17, 15) is 19.7 Å². The predicted molar refractivity (Wildman–Crippen MR) is 43.5 cm³/mol. The van der Waals surface area contributed by atoms with Gasteiger partial charge in [-0.2, -0.15) is 5.10 Å². The van der Waals surface area contributed by atoms with Crippen molar-refractivity contribution >= 4 is 17.6 Å². The van der Waals surface area contributed by atoms with Crippen molar-refractivity contribution in [2.24, 2.45) is 0 Å². The highest BCUT2D eigenvalue weighted by molar-refractivity contribution is 5.99. The lowest BCUT2D eigenvalue weighted by Crippen LogP contribution is -2.07. The molecular formula is C6H5N3O6. The first-order valence-corrected chi connectivity index (χ1v) is 3.53. The number of nitrogens with one attached hydrogen (secondary N) is 1. The Labute approximate surface area is 81.8 Å². The zero-order chi connectivity index (χ0) is 11.6. The van der Waals surface area contributed by atoms with Crippen molar-refractivity contribution in [3.05, 3.63) is 21.5 Å². The second kappa shape index (κ2) is 3.74. The standard InChI is InChI=1S/C6H5N3O6/c1-15-6(12)3-4(9(13)14)2(5(10)11)7-8-3/h1H3,(H,7,8)(H,10,11). The second-order valence-electron chi connectivity index (χ2n) is 2.35. The summed E-state index contributed by atoms with van der Waals surface area (Å²) in [7, 11) is 1.00. The summed E-state index contributed by atoms with van der Waals surface area (Å²) in [6, 6.07) is 0. The minimum atomic E-state index is -1.58. The summed E-state index contributed by atoms with van der Waals surface area (Å²) in [6.45, 7) is 0. The maximum Gasteiger partial charge on any atom is 0.365 e. The SMILES string of the molecule is COC(=O)c1n[nH]c(C(=O)O)c1[N+](=O)[O-]. The molecule has 0 amide bonds. The van der Waals surface area contributed by atoms with Gasteiger partial charge in [0.25, 0.3) is 0 Å². The van der Waals surface area contributed by atoms with Crippen molar-refractivity contribution in [1.82, 2.24) is 10.2 Å². The van der Waals surface area contributed by atoms with Crippen LogP contribution in [-0.4, -0.2) is 39.3 Å². The highest BCUT2D eigenvalue weighted by Crippen LogP contribution is 2.21. The van der Waals surface area contributed by atoms with E-state index in [4.69, 9.17) is 5.11 Å². The summed E-state index contributed by atoms with van der Waals surface area (Å²) in [6.07, 6.45) is 0. The summed E-state index contributed by atoms with van der Waals surface area (Å²) >= 11 is 0. The molecule has 0 unspecified atom stereocenters. The molecule has 9 heteroatoms. The first-order valence-electron chi connectivity index (χ1n) is 3.53. The normalized spacial score (nSPS) is 9.67. The van der Waals surface area contributed by atoms with Gasteiger partial charge < -0.3 is 9.84 Å². The Morgan fingerprint density at radius 2 is 2.20 bits per heavy atom. The van der Waals surface area contributed by atoms with Crippen LogP contribution >= 0.6 is 0 Å². The molecule has 0 saturated heterocycles. The molecule has 0 bridgehead atoms. The third-order valence-electron chi connectivity index (χ3n) is 1.52. The van der Waals surface area contributed by atoms with Gasteiger partial charge in [0.2, 0.25) is 11.4 Å². The molecule has 1 rings (SSSR count). The number of aromatic amines is 1. The lowest BCUT2D eigenvalue weighted by Gasteiger charge is -1.93. The fraction of sp³-hybridized carbons (Fsp3) is 0.167. The third kappa shape index (κ3) is 1.75. The maximum atomic E-state index is 11.0. The topological polar surface area (TPSA) is 135 Å². The lowest BCUT2D eigenvalue weighted by molar-refractivity contribution is -0.385. The van der Waals surface area contributed by atoms with E-state index < -0.39 is 33.9 Å². The minimum Gasteiger partial charge on any atom is -0.476 e. The fourth-order valence-corrected chi connectivity index (χ4v) is 0.902. The highest BCUT2D eigenvalue weighted by atomic mass is 16.6. The van der Waals surface area contributed by atoms with Crippen LogP contribution in [0.1, 0.15) is 21.0 Å². The van der Waals surface area contributed by atoms with E-state index in [1.807, 2.05) is 5.10 Å². The number of carbonyl (C=O) groups is 2. The molecule has 0 saturated carbocycles. The third-order valence-corrected chi connectivity index (χ3v) is 1.52. The van der Waals surface area contributed by atoms with Gasteiger partial charge in [-0.15, -0.1) is 0 Å². The molecule has 0 spiro atoms. The number of aromatic carboxylic acids is 1. The van der Waals surface area contributed by atoms with Gasteiger partial charge in [-0.3, -0.25) is 15.2 Å². The number of ether oxygens (including phenoxy) is 1. The average molecular weight is 215 g/mol. The van der Waals surface area contributed by atoms with Gasteiger partial charge in [-0.1, -0.05) is 0 Å². The molecule has 0 aromatic carbocycles. The molecule has 1 aromatic heterocycles. The van der Waals surface area contributed by atoms with E-state index in [0.717, 1.165) is 7.11 Å². The van der Waals surface area contributed by atoms with Gasteiger partial charge >= 0.3 is 17.6 Å². The zero-order valence-electron chi connectivity index (χ0n) is 7.38. The monoisotopic (exact) mass is 215 g/mol. The molecule has 0 atom stereocenters. The number of nitrogens with zero attached hydrogens (tertiary/aromatic N) is 2. The number of aromatic nitrogens is 2. The van der Waals surface area contributed by atoms with Gasteiger partial charge in [0, 0.05) is 0 Å². The maximum absolute atomic E-state index is 11.0. The molecule has 1 heterocycles. The van der Waals surface area contributed by atoms with Crippen LogP contribution in [0.25, 0.3) is 0 Å². The molecule has 15 heavy (non-hydrogen) atoms. The summed E-state index contributed by atoms with van der Waals surface area (Å²) in [5, 5.41) is 24.1. The number of nitro groups is 1. The van der Waals surface area contributed by atoms with Crippen molar-refractivity contribution in [3.8, 4) is 0 Å². The summed E-state index contributed by atoms with van der Waals surface area (Å²) < 4.78 is 4.20. The minimum absolute atomic E-state index is 0.667. The summed E-state index contributed by atoms with van der Waals surface area (Å²) in [5.74, 6) is -2.66. The van der Waals surface area contributed by atoms with Crippen molar-refractivity contribution < 1.29 is 24.4 Å². The number of carboxylic acid groups (broad SMARTS) is 1. The van der Waals surface area contributed by atoms with Gasteiger partial charge in [0.15, 0.2) is 0 Å². The van der Waals surface area contributed by atoms with E-state index in [1.165, 1.54) is 0 Å². The van der Waals surface area contributed by atoms with Gasteiger partial charge in [-0.25, -0.2) is 9.59 Å². The first kappa shape index (κ1) is 10.6. The Morgan fingerprint density at radius 3 is 2.60 bits per heavy atom. The Morgan fingerprint density at radius 1 is 1.60 bits per heavy atom. The average Bonchev–Trinajstić information content (AvgIpc) is 2.60. The van der Waals surface area contributed by atoms with Crippen LogP contribution in [0, 0.1) is 10.1 Å². The van der Waals surface area contributed by atoms with Crippen LogP contribution in [0.4, 0.5) is 5.69 Å². The second-order valence-corrected chi connectivity index (χ2v) is 2.35. The zero-order valence-corrected chi connectivity index (χ0v) is 7.38. The van der Waals surface area contributed by atoms with Gasteiger partial charge in [-0.05, 0) is 0 Å². The predicted octanol–water partition coefficient (Wildman–Crippen LogP) is -0.197. The van der Waals surface area contributed by atoms with Crippen LogP contribution in [0.2, 0.25) is 0 Å². The van der Waals surface area contributed by atoms with Crippen LogP contribution in [-0.2, 0) is 4.74 Å². The Balaban J connectivity index is 3.36. The molecule has 80 valence electrons. The Hall–Kier alpha value is -2.45. The Kier molecular flexibility index (Phi) is 2.65. The quantitative estimate of drug-likeness (QED) is 0.404. The smallest absolute Gasteiger partial charge is 0.365 e. The molecule has 0 radical (unpaired) electrons. The number of H-pyrrole nitrogens is 1. The fourth-order valence-electron chi connectivity index (χ4n) is 0.902. The van der Waals surface area contributed by atoms with E-state index >= 15 is 0 Å². The van der Waals surface area contributed by atoms with Crippen molar-refractivity contribution in [1.29, 1.82) is 0 Å². The van der Waals surface area contributed by atoms with Crippen molar-refractivity contribution in [3.63, 3.8) is 0 Å². The van der Waals surface area contributed by atoms with Gasteiger partial charge in [0.1, 0.15) is 0 Å². The van der Waals surface area contributed by atoms with E-state index in [1.54, 1.807) is 0 Å². The molecule has 0 aliphatic rings. The Bertz CT molecular complexity index is 436. The number of hydrogen-bond donors (Lipinski definition) is 2. The first-order chi connectivity index (χ1) is 6.99. The molecular weight excluding hydrogens is 210 g/mol. The molecule has 0 aliphatic heterocycles.